The van der Waals surface area contributed by atoms with Crippen LogP contribution in [0.1, 0.15) is 62.9 Å². The fourth-order valence-electron chi connectivity index (χ4n) is 7.23. The highest BCUT2D eigenvalue weighted by Gasteiger charge is 2.63. The number of ether oxygens (including phenoxy) is 2. The van der Waals surface area contributed by atoms with Crippen molar-refractivity contribution in [3.63, 3.8) is 0 Å². The zero-order chi connectivity index (χ0) is 39.9. The van der Waals surface area contributed by atoms with E-state index >= 15 is 0 Å². The zero-order valence-electron chi connectivity index (χ0n) is 31.2. The Bertz CT molecular complexity index is 1800. The molecule has 3 aliphatic rings. The predicted octanol–water partition coefficient (Wildman–Crippen LogP) is 1.91. The van der Waals surface area contributed by atoms with Gasteiger partial charge >= 0.3 is 12.1 Å². The quantitative estimate of drug-likeness (QED) is 0.0775. The van der Waals surface area contributed by atoms with E-state index in [0.29, 0.717) is 24.1 Å². The van der Waals surface area contributed by atoms with E-state index in [-0.39, 0.29) is 36.2 Å². The number of nitrogens with two attached hydrogens (primary N) is 1. The maximum absolute atomic E-state index is 14.3. The van der Waals surface area contributed by atoms with Crippen LogP contribution in [0.25, 0.3) is 0 Å². The standard InChI is InChI=1S/C36H49N5O12/c1-9-11-41(34(50)53-16-52-33(49)35(3,4)10-2)15-22(42)38-20-14-21(39(5)6)18-12-17-13-19-26(40(7)8)29(45)25(32(37)48)31(47)36(19,51)30(46)23(17)28(44)24(18)27(20)43/h14,17,19,26,43,45-46,51H,9-13,15-16H2,1-8H3,(H2,37,48)(H,38,42)/t17-,19-,26-,36-/m0/s1. The second-order valence-corrected chi connectivity index (χ2v) is 14.7. The van der Waals surface area contributed by atoms with Crippen LogP contribution in [0.2, 0.25) is 0 Å². The smallest absolute Gasteiger partial charge is 0.413 e. The molecule has 0 radical (unpaired) electrons. The predicted molar refractivity (Wildman–Crippen MR) is 190 cm³/mol. The average molecular weight is 744 g/mol. The number of aromatic hydroxyl groups is 1. The molecule has 4 rings (SSSR count). The lowest BCUT2D eigenvalue weighted by Gasteiger charge is -2.50. The Hall–Kier alpha value is -5.16. The summed E-state index contributed by atoms with van der Waals surface area (Å²) in [5.74, 6) is -9.27. The highest BCUT2D eigenvalue weighted by Crippen LogP contribution is 2.54. The second-order valence-electron chi connectivity index (χ2n) is 14.7. The van der Waals surface area contributed by atoms with Gasteiger partial charge in [-0.1, -0.05) is 13.8 Å². The normalized spacial score (nSPS) is 22.5. The number of esters is 1. The van der Waals surface area contributed by atoms with Gasteiger partial charge in [0.05, 0.1) is 22.7 Å². The van der Waals surface area contributed by atoms with E-state index in [1.165, 1.54) is 11.0 Å². The summed E-state index contributed by atoms with van der Waals surface area (Å²) in [7, 11) is 6.44. The van der Waals surface area contributed by atoms with Gasteiger partial charge in [0.1, 0.15) is 23.6 Å². The molecule has 0 aromatic heterocycles. The number of carbonyl (C=O) groups excluding carboxylic acids is 6. The maximum atomic E-state index is 14.3. The van der Waals surface area contributed by atoms with E-state index in [1.54, 1.807) is 53.9 Å². The molecule has 4 atom stereocenters. The van der Waals surface area contributed by atoms with E-state index in [4.69, 9.17) is 15.2 Å². The molecule has 17 nitrogen and oxygen atoms in total. The second kappa shape index (κ2) is 15.1. The van der Waals surface area contributed by atoms with E-state index in [0.717, 1.165) is 4.90 Å². The number of nitrogens with one attached hydrogen (secondary N) is 1. The van der Waals surface area contributed by atoms with E-state index < -0.39 is 101 Å². The van der Waals surface area contributed by atoms with Crippen molar-refractivity contribution in [3.8, 4) is 5.75 Å². The van der Waals surface area contributed by atoms with E-state index in [1.807, 2.05) is 6.92 Å². The number of aliphatic hydroxyl groups excluding tert-OH is 2. The molecule has 0 bridgehead atoms. The highest BCUT2D eigenvalue weighted by molar-refractivity contribution is 6.25. The van der Waals surface area contributed by atoms with Crippen LogP contribution in [0.4, 0.5) is 16.2 Å². The number of aliphatic hydroxyl groups is 3. The third-order valence-corrected chi connectivity index (χ3v) is 10.3. The lowest BCUT2D eigenvalue weighted by molar-refractivity contribution is -0.163. The number of phenols is 1. The number of anilines is 2. The summed E-state index contributed by atoms with van der Waals surface area (Å²) in [4.78, 5) is 82.7. The number of allylic oxidation sites excluding steroid dienone is 1. The summed E-state index contributed by atoms with van der Waals surface area (Å²) in [5.41, 5.74) is 0.825. The van der Waals surface area contributed by atoms with Crippen LogP contribution in [-0.4, -0.2) is 125 Å². The number of fused-ring (bicyclic) bond motifs is 3. The van der Waals surface area contributed by atoms with Gasteiger partial charge in [0, 0.05) is 37.8 Å². The van der Waals surface area contributed by atoms with Gasteiger partial charge in [-0.05, 0) is 71.2 Å². The third kappa shape index (κ3) is 7.14. The van der Waals surface area contributed by atoms with Crippen molar-refractivity contribution < 1.29 is 58.7 Å². The van der Waals surface area contributed by atoms with Crippen LogP contribution in [0, 0.1) is 17.3 Å². The van der Waals surface area contributed by atoms with Gasteiger partial charge in [-0.15, -0.1) is 0 Å². The van der Waals surface area contributed by atoms with Gasteiger partial charge in [-0.2, -0.15) is 0 Å². The van der Waals surface area contributed by atoms with Gasteiger partial charge in [0.25, 0.3) is 5.91 Å². The van der Waals surface area contributed by atoms with Crippen molar-refractivity contribution in [1.29, 1.82) is 0 Å². The molecule has 1 aromatic carbocycles. The summed E-state index contributed by atoms with van der Waals surface area (Å²) < 4.78 is 10.1. The molecule has 1 aromatic rings. The first kappa shape index (κ1) is 40.6. The van der Waals surface area contributed by atoms with Crippen LogP contribution < -0.4 is 16.0 Å². The summed E-state index contributed by atoms with van der Waals surface area (Å²) in [6.45, 7) is 5.84. The number of carbonyl (C=O) groups is 6. The number of hydrogen-bond acceptors (Lipinski definition) is 14. The number of likely N-dealkylation sites (N-methyl/N-ethyl adjacent to an activating group) is 1. The summed E-state index contributed by atoms with van der Waals surface area (Å²) in [6.07, 6.45) is -0.0359. The first-order chi connectivity index (χ1) is 24.6. The number of rotatable bonds is 12. The van der Waals surface area contributed by atoms with Gasteiger partial charge < -0.3 is 45.9 Å². The number of amides is 3. The van der Waals surface area contributed by atoms with Crippen LogP contribution in [0.15, 0.2) is 28.7 Å². The minimum Gasteiger partial charge on any atom is -0.510 e. The van der Waals surface area contributed by atoms with E-state index in [9.17, 15) is 49.2 Å². The van der Waals surface area contributed by atoms with Crippen molar-refractivity contribution in [2.75, 3.05) is 58.3 Å². The molecule has 7 N–H and O–H groups in total. The van der Waals surface area contributed by atoms with E-state index in [2.05, 4.69) is 5.32 Å². The van der Waals surface area contributed by atoms with Crippen molar-refractivity contribution in [1.82, 2.24) is 9.80 Å². The van der Waals surface area contributed by atoms with Crippen molar-refractivity contribution in [2.45, 2.75) is 65.0 Å². The summed E-state index contributed by atoms with van der Waals surface area (Å²) in [6, 6.07) is 0.317. The van der Waals surface area contributed by atoms with Gasteiger partial charge in [-0.3, -0.25) is 33.8 Å². The molecule has 290 valence electrons. The van der Waals surface area contributed by atoms with Gasteiger partial charge in [0.15, 0.2) is 17.1 Å². The molecular weight excluding hydrogens is 694 g/mol. The average Bonchev–Trinajstić information content (AvgIpc) is 3.06. The number of primary amides is 1. The molecule has 0 aliphatic heterocycles. The number of phenolic OH excluding ortho intramolecular Hbond substituents is 1. The summed E-state index contributed by atoms with van der Waals surface area (Å²) in [5, 5.41) is 48.5. The Morgan fingerprint density at radius 1 is 1.06 bits per heavy atom. The Labute approximate surface area is 307 Å². The van der Waals surface area contributed by atoms with Gasteiger partial charge in [0.2, 0.25) is 18.5 Å². The highest BCUT2D eigenvalue weighted by atomic mass is 16.7. The lowest BCUT2D eigenvalue weighted by atomic mass is 9.58. The molecule has 53 heavy (non-hydrogen) atoms. The number of benzene rings is 1. The fourth-order valence-corrected chi connectivity index (χ4v) is 7.23. The molecular formula is C36H49N5O12. The largest absolute Gasteiger partial charge is 0.510 e. The first-order valence-electron chi connectivity index (χ1n) is 17.2. The van der Waals surface area contributed by atoms with Crippen LogP contribution in [-0.2, 0) is 35.1 Å². The Kier molecular flexibility index (Phi) is 11.5. The molecule has 0 spiro atoms. The molecule has 17 heteroatoms. The first-order valence-corrected chi connectivity index (χ1v) is 17.2. The number of Topliss-reactive ketones (excluding diaryl/α,β-unsaturated/α-hetero) is 2. The zero-order valence-corrected chi connectivity index (χ0v) is 31.2. The molecule has 0 saturated carbocycles. The third-order valence-electron chi connectivity index (χ3n) is 10.3. The van der Waals surface area contributed by atoms with Crippen molar-refractivity contribution >= 4 is 46.8 Å². The minimum atomic E-state index is -2.81. The molecule has 3 amide bonds. The van der Waals surface area contributed by atoms with Gasteiger partial charge in [-0.25, -0.2) is 4.79 Å². The molecule has 0 fully saturated rings. The van der Waals surface area contributed by atoms with Crippen molar-refractivity contribution in [2.24, 2.45) is 23.0 Å². The number of nitrogens with zero attached hydrogens (tertiary/aromatic N) is 3. The minimum absolute atomic E-state index is 0.0416. The number of hydrogen-bond donors (Lipinski definition) is 6. The van der Waals surface area contributed by atoms with Crippen LogP contribution in [0.5, 0.6) is 5.75 Å². The number of ketones is 2. The van der Waals surface area contributed by atoms with Crippen LogP contribution in [0.3, 0.4) is 0 Å². The SMILES string of the molecule is CCCN(CC(=O)Nc1cc(N(C)C)c2c(c1O)C(=O)C1=C(O)[C@]3(O)C(=O)C(C(N)=O)=C(O)[C@@H](N(C)C)[C@@H]3C[C@@H]1C2)C(=O)OCOC(=O)C(C)(C)CC. The van der Waals surface area contributed by atoms with Crippen molar-refractivity contribution in [3.05, 3.63) is 39.9 Å². The lowest BCUT2D eigenvalue weighted by Crippen LogP contribution is -2.63. The monoisotopic (exact) mass is 743 g/mol. The Morgan fingerprint density at radius 2 is 1.70 bits per heavy atom. The molecule has 3 aliphatic carbocycles. The van der Waals surface area contributed by atoms with Crippen LogP contribution >= 0.6 is 0 Å². The molecule has 0 saturated heterocycles. The summed E-state index contributed by atoms with van der Waals surface area (Å²) >= 11 is 0. The molecule has 0 heterocycles. The maximum Gasteiger partial charge on any atom is 0.413 e. The molecule has 0 unspecified atom stereocenters. The topological polar surface area (TPSA) is 250 Å². The fraction of sp³-hybridized carbons (Fsp3) is 0.556. The Balaban J connectivity index is 1.68. The Morgan fingerprint density at radius 3 is 2.25 bits per heavy atom.